The zero-order valence-corrected chi connectivity index (χ0v) is 24.6. The number of aromatic nitrogens is 2. The third-order valence-corrected chi connectivity index (χ3v) is 7.67. The molecule has 4 aromatic rings. The number of hydrogen-bond donors (Lipinski definition) is 3. The van der Waals surface area contributed by atoms with Crippen LogP contribution in [0, 0.1) is 12.7 Å². The Morgan fingerprint density at radius 2 is 1.75 bits per heavy atom. The lowest BCUT2D eigenvalue weighted by Gasteiger charge is -2.26. The van der Waals surface area contributed by atoms with Gasteiger partial charge < -0.3 is 20.1 Å². The first kappa shape index (κ1) is 32.8. The maximum Gasteiger partial charge on any atom is 0.573 e. The van der Waals surface area contributed by atoms with Gasteiger partial charge in [0.15, 0.2) is 0 Å². The van der Waals surface area contributed by atoms with Gasteiger partial charge in [0.25, 0.3) is 5.92 Å². The average molecular weight is 638 g/mol. The summed E-state index contributed by atoms with van der Waals surface area (Å²) in [5.41, 5.74) is 7.54. The number of halogens is 6. The molecule has 0 saturated carbocycles. The highest BCUT2D eigenvalue weighted by Gasteiger charge is 2.33. The van der Waals surface area contributed by atoms with E-state index in [0.717, 1.165) is 23.3 Å². The molecule has 0 saturated heterocycles. The molecule has 1 aromatic heterocycles. The largest absolute Gasteiger partial charge is 0.573 e. The SMILES string of the molecule is CCC(F)(F)c1cn(-c2ccc(-c3cc(F)c(CO)c(SC)c3)cc2N(N)/C(=C\N)c2ccc(OC(F)(F)F)cc2)c(C)n1. The number of ether oxygens (including phenoxy) is 1. The van der Waals surface area contributed by atoms with E-state index in [2.05, 4.69) is 9.72 Å². The van der Waals surface area contributed by atoms with Crippen LogP contribution in [0.5, 0.6) is 5.75 Å². The smallest absolute Gasteiger partial charge is 0.406 e. The van der Waals surface area contributed by atoms with Crippen LogP contribution in [0.25, 0.3) is 22.5 Å². The zero-order valence-electron chi connectivity index (χ0n) is 23.8. The van der Waals surface area contributed by atoms with E-state index >= 15 is 0 Å². The number of aliphatic hydroxyl groups is 1. The molecule has 4 rings (SSSR count). The molecule has 0 spiro atoms. The summed E-state index contributed by atoms with van der Waals surface area (Å²) in [6.45, 7) is 2.38. The van der Waals surface area contributed by atoms with Crippen molar-refractivity contribution in [3.8, 4) is 22.6 Å². The molecule has 7 nitrogen and oxygen atoms in total. The molecule has 0 aliphatic rings. The van der Waals surface area contributed by atoms with Crippen LogP contribution in [-0.2, 0) is 12.5 Å². The lowest BCUT2D eigenvalue weighted by atomic mass is 10.0. The molecule has 0 unspecified atom stereocenters. The van der Waals surface area contributed by atoms with Crippen molar-refractivity contribution in [1.29, 1.82) is 0 Å². The van der Waals surface area contributed by atoms with Crippen LogP contribution in [-0.4, -0.2) is 27.3 Å². The van der Waals surface area contributed by atoms with Gasteiger partial charge in [0.05, 0.1) is 23.7 Å². The van der Waals surface area contributed by atoms with Gasteiger partial charge in [-0.05, 0) is 72.8 Å². The van der Waals surface area contributed by atoms with Crippen LogP contribution in [0.2, 0.25) is 0 Å². The van der Waals surface area contributed by atoms with Gasteiger partial charge in [-0.2, -0.15) is 8.78 Å². The fraction of sp³-hybridized carbons (Fsp3) is 0.233. The molecule has 0 radical (unpaired) electrons. The summed E-state index contributed by atoms with van der Waals surface area (Å²) in [4.78, 5) is 4.57. The van der Waals surface area contributed by atoms with Crippen molar-refractivity contribution in [2.24, 2.45) is 11.6 Å². The quantitative estimate of drug-likeness (QED) is 0.0729. The molecular weight excluding hydrogens is 608 g/mol. The van der Waals surface area contributed by atoms with E-state index < -0.39 is 42.6 Å². The minimum absolute atomic E-state index is 0.142. The number of imidazole rings is 1. The summed E-state index contributed by atoms with van der Waals surface area (Å²) in [5.74, 6) is 2.54. The number of thioether (sulfide) groups is 1. The van der Waals surface area contributed by atoms with Gasteiger partial charge in [-0.1, -0.05) is 13.0 Å². The Kier molecular flexibility index (Phi) is 9.56. The maximum absolute atomic E-state index is 14.9. The molecule has 0 atom stereocenters. The Balaban J connectivity index is 1.88. The van der Waals surface area contributed by atoms with Gasteiger partial charge in [-0.15, -0.1) is 24.9 Å². The first-order valence-corrected chi connectivity index (χ1v) is 14.3. The third kappa shape index (κ3) is 6.82. The Labute approximate surface area is 253 Å². The van der Waals surface area contributed by atoms with Crippen molar-refractivity contribution in [2.45, 2.75) is 44.1 Å². The number of rotatable bonds is 10. The van der Waals surface area contributed by atoms with Crippen LogP contribution < -0.4 is 21.3 Å². The van der Waals surface area contributed by atoms with Crippen molar-refractivity contribution in [3.05, 3.63) is 95.5 Å². The molecule has 5 N–H and O–H groups in total. The molecule has 0 aliphatic heterocycles. The highest BCUT2D eigenvalue weighted by molar-refractivity contribution is 7.98. The highest BCUT2D eigenvalue weighted by atomic mass is 32.2. The van der Waals surface area contributed by atoms with Crippen LogP contribution >= 0.6 is 11.8 Å². The summed E-state index contributed by atoms with van der Waals surface area (Å²) in [6.07, 6.45) is -1.29. The lowest BCUT2D eigenvalue weighted by molar-refractivity contribution is -0.274. The topological polar surface area (TPSA) is 103 Å². The van der Waals surface area contributed by atoms with Gasteiger partial charge >= 0.3 is 6.36 Å². The molecule has 0 amide bonds. The first-order chi connectivity index (χ1) is 20.7. The summed E-state index contributed by atoms with van der Waals surface area (Å²) in [6, 6.07) is 12.6. The monoisotopic (exact) mass is 637 g/mol. The number of hydrogen-bond acceptors (Lipinski definition) is 7. The van der Waals surface area contributed by atoms with Crippen LogP contribution in [0.4, 0.5) is 32.0 Å². The van der Waals surface area contributed by atoms with E-state index in [1.165, 1.54) is 47.6 Å². The van der Waals surface area contributed by atoms with E-state index in [1.54, 1.807) is 37.4 Å². The van der Waals surface area contributed by atoms with E-state index in [9.17, 15) is 31.4 Å². The summed E-state index contributed by atoms with van der Waals surface area (Å²) < 4.78 is 87.5. The average Bonchev–Trinajstić information content (AvgIpc) is 3.38. The van der Waals surface area contributed by atoms with E-state index in [0.29, 0.717) is 27.3 Å². The van der Waals surface area contributed by atoms with Gasteiger partial charge in [0.1, 0.15) is 23.1 Å². The van der Waals surface area contributed by atoms with Crippen molar-refractivity contribution >= 4 is 23.1 Å². The number of nitrogens with two attached hydrogens (primary N) is 2. The molecule has 0 bridgehead atoms. The van der Waals surface area contributed by atoms with Crippen molar-refractivity contribution in [1.82, 2.24) is 9.55 Å². The van der Waals surface area contributed by atoms with Gasteiger partial charge in [0.2, 0.25) is 0 Å². The Morgan fingerprint density at radius 1 is 1.07 bits per heavy atom. The molecular formula is C30H29F6N5O2S. The van der Waals surface area contributed by atoms with Crippen LogP contribution in [0.15, 0.2) is 71.9 Å². The molecule has 14 heteroatoms. The minimum atomic E-state index is -4.88. The fourth-order valence-electron chi connectivity index (χ4n) is 4.56. The van der Waals surface area contributed by atoms with Gasteiger partial charge in [-0.25, -0.2) is 15.2 Å². The first-order valence-electron chi connectivity index (χ1n) is 13.1. The fourth-order valence-corrected chi connectivity index (χ4v) is 5.21. The summed E-state index contributed by atoms with van der Waals surface area (Å²) in [5, 5.41) is 10.8. The Bertz CT molecular complexity index is 1670. The Morgan fingerprint density at radius 3 is 2.32 bits per heavy atom. The van der Waals surface area contributed by atoms with Crippen LogP contribution in [0.3, 0.4) is 0 Å². The van der Waals surface area contributed by atoms with E-state index in [1.807, 2.05) is 0 Å². The molecule has 1 heterocycles. The standard InChI is InChI=1S/C30H29F6N5O2S/c1-4-29(32,33)28-15-40(17(2)39-28)24-10-7-19(20-11-23(31)22(16-42)27(13-20)44-3)12-25(24)41(38)26(14-37)18-5-8-21(9-6-18)43-30(34,35)36/h5-15,42H,4,16,37-38H2,1-3H3/b26-14-. The maximum atomic E-state index is 14.9. The molecule has 0 aliphatic carbocycles. The number of anilines is 1. The zero-order chi connectivity index (χ0) is 32.4. The molecule has 234 valence electrons. The number of nitrogens with zero attached hydrogens (tertiary/aromatic N) is 3. The van der Waals surface area contributed by atoms with Crippen molar-refractivity contribution in [3.63, 3.8) is 0 Å². The Hall–Kier alpha value is -4.14. The second-order valence-electron chi connectivity index (χ2n) is 9.60. The predicted molar refractivity (Wildman–Crippen MR) is 158 cm³/mol. The normalized spacial score (nSPS) is 12.5. The van der Waals surface area contributed by atoms with Crippen molar-refractivity contribution in [2.75, 3.05) is 11.3 Å². The van der Waals surface area contributed by atoms with E-state index in [4.69, 9.17) is 11.6 Å². The van der Waals surface area contributed by atoms with Crippen molar-refractivity contribution < 1.29 is 36.2 Å². The van der Waals surface area contributed by atoms with Gasteiger partial charge in [-0.3, -0.25) is 5.01 Å². The van der Waals surface area contributed by atoms with Gasteiger partial charge in [0, 0.05) is 34.8 Å². The molecule has 44 heavy (non-hydrogen) atoms. The number of aryl methyl sites for hydroxylation is 1. The number of aliphatic hydroxyl groups excluding tert-OH is 1. The number of benzene rings is 3. The lowest BCUT2D eigenvalue weighted by Crippen LogP contribution is -2.31. The van der Waals surface area contributed by atoms with E-state index in [-0.39, 0.29) is 22.8 Å². The minimum Gasteiger partial charge on any atom is -0.406 e. The molecule has 3 aromatic carbocycles. The third-order valence-electron chi connectivity index (χ3n) is 6.86. The summed E-state index contributed by atoms with van der Waals surface area (Å²) >= 11 is 1.25. The summed E-state index contributed by atoms with van der Waals surface area (Å²) in [7, 11) is 0. The molecule has 0 fully saturated rings. The highest BCUT2D eigenvalue weighted by Crippen LogP contribution is 2.38. The predicted octanol–water partition coefficient (Wildman–Crippen LogP) is 7.24. The second kappa shape index (κ2) is 12.8. The second-order valence-corrected chi connectivity index (χ2v) is 10.4. The number of hydrazine groups is 1. The van der Waals surface area contributed by atoms with Crippen LogP contribution in [0.1, 0.15) is 36.0 Å². The number of alkyl halides is 5.